The van der Waals surface area contributed by atoms with Gasteiger partial charge >= 0.3 is 0 Å². The van der Waals surface area contributed by atoms with E-state index in [1.807, 2.05) is 7.05 Å². The highest BCUT2D eigenvalue weighted by Crippen LogP contribution is 2.28. The molecule has 5 nitrogen and oxygen atoms in total. The highest BCUT2D eigenvalue weighted by atomic mass is 32.2. The van der Waals surface area contributed by atoms with Crippen molar-refractivity contribution in [1.29, 1.82) is 0 Å². The number of hydrogen-bond donors (Lipinski definition) is 2. The number of hydrogen-bond acceptors (Lipinski definition) is 4. The van der Waals surface area contributed by atoms with Gasteiger partial charge in [0.15, 0.2) is 0 Å². The number of rotatable bonds is 10. The van der Waals surface area contributed by atoms with Crippen LogP contribution in [0.1, 0.15) is 19.3 Å². The van der Waals surface area contributed by atoms with E-state index in [-0.39, 0.29) is 5.75 Å². The highest BCUT2D eigenvalue weighted by Gasteiger charge is 2.20. The van der Waals surface area contributed by atoms with E-state index >= 15 is 0 Å². The Hall–Kier alpha value is -0.170. The smallest absolute Gasteiger partial charge is 0.211 e. The zero-order valence-electron chi connectivity index (χ0n) is 9.87. The summed E-state index contributed by atoms with van der Waals surface area (Å²) in [4.78, 5) is 0. The lowest BCUT2D eigenvalue weighted by atomic mass is 10.5. The third-order valence-electron chi connectivity index (χ3n) is 2.46. The van der Waals surface area contributed by atoms with Gasteiger partial charge in [-0.3, -0.25) is 0 Å². The molecule has 16 heavy (non-hydrogen) atoms. The summed E-state index contributed by atoms with van der Waals surface area (Å²) in [5.74, 6) is 0.906. The van der Waals surface area contributed by atoms with Crippen LogP contribution in [0.3, 0.4) is 0 Å². The van der Waals surface area contributed by atoms with E-state index in [9.17, 15) is 8.42 Å². The molecule has 0 radical (unpaired) electrons. The molecule has 2 N–H and O–H groups in total. The molecule has 0 spiro atoms. The van der Waals surface area contributed by atoms with Gasteiger partial charge in [0.2, 0.25) is 10.0 Å². The van der Waals surface area contributed by atoms with E-state index in [1.165, 1.54) is 12.8 Å². The third-order valence-corrected chi connectivity index (χ3v) is 3.93. The van der Waals surface area contributed by atoms with E-state index in [2.05, 4.69) is 10.0 Å². The van der Waals surface area contributed by atoms with Crippen molar-refractivity contribution in [2.24, 2.45) is 5.92 Å². The van der Waals surface area contributed by atoms with Crippen LogP contribution in [0.5, 0.6) is 0 Å². The molecule has 0 amide bonds. The van der Waals surface area contributed by atoms with E-state index in [1.54, 1.807) is 0 Å². The summed E-state index contributed by atoms with van der Waals surface area (Å²) in [6, 6.07) is 0. The molecule has 1 rings (SSSR count). The molecule has 6 heteroatoms. The van der Waals surface area contributed by atoms with Crippen LogP contribution in [-0.4, -0.2) is 47.5 Å². The Bertz CT molecular complexity index is 276. The van der Waals surface area contributed by atoms with Crippen LogP contribution in [0.25, 0.3) is 0 Å². The summed E-state index contributed by atoms with van der Waals surface area (Å²) in [6.07, 6.45) is 3.15. The minimum absolute atomic E-state index is 0.177. The van der Waals surface area contributed by atoms with E-state index in [0.717, 1.165) is 19.1 Å². The topological polar surface area (TPSA) is 67.4 Å². The third kappa shape index (κ3) is 7.16. The lowest BCUT2D eigenvalue weighted by molar-refractivity contribution is 0.129. The molecule has 0 unspecified atom stereocenters. The molecule has 1 saturated carbocycles. The van der Waals surface area contributed by atoms with Gasteiger partial charge in [-0.15, -0.1) is 0 Å². The lowest BCUT2D eigenvalue weighted by Crippen LogP contribution is -2.30. The molecule has 0 saturated heterocycles. The number of ether oxygens (including phenoxy) is 1. The van der Waals surface area contributed by atoms with Crippen LogP contribution >= 0.6 is 0 Å². The van der Waals surface area contributed by atoms with Gasteiger partial charge < -0.3 is 10.1 Å². The van der Waals surface area contributed by atoms with E-state index in [0.29, 0.717) is 19.6 Å². The maximum atomic E-state index is 11.4. The summed E-state index contributed by atoms with van der Waals surface area (Å²) in [5, 5.41) is 2.92. The monoisotopic (exact) mass is 250 g/mol. The average molecular weight is 250 g/mol. The lowest BCUT2D eigenvalue weighted by Gasteiger charge is -2.07. The number of sulfonamides is 1. The molecule has 0 bridgehead atoms. The molecule has 1 fully saturated rings. The van der Waals surface area contributed by atoms with Gasteiger partial charge in [-0.25, -0.2) is 13.1 Å². The van der Waals surface area contributed by atoms with E-state index < -0.39 is 10.0 Å². The molecular weight excluding hydrogens is 228 g/mol. The van der Waals surface area contributed by atoms with Crippen LogP contribution in [0, 0.1) is 5.92 Å². The van der Waals surface area contributed by atoms with Crippen molar-refractivity contribution in [3.05, 3.63) is 0 Å². The SMILES string of the molecule is CNCCCS(=O)(=O)NCCOCC1CC1. The molecule has 0 aliphatic heterocycles. The van der Waals surface area contributed by atoms with Crippen LogP contribution in [0.2, 0.25) is 0 Å². The predicted molar refractivity (Wildman–Crippen MR) is 63.9 cm³/mol. The Kier molecular flexibility index (Phi) is 6.26. The maximum Gasteiger partial charge on any atom is 0.211 e. The van der Waals surface area contributed by atoms with Crippen molar-refractivity contribution in [3.63, 3.8) is 0 Å². The zero-order chi connectivity index (χ0) is 11.9. The quantitative estimate of drug-likeness (QED) is 0.533. The second-order valence-corrected chi connectivity index (χ2v) is 6.12. The van der Waals surface area contributed by atoms with Gasteiger partial charge in [-0.2, -0.15) is 0 Å². The summed E-state index contributed by atoms with van der Waals surface area (Å²) in [5.41, 5.74) is 0. The first-order valence-corrected chi connectivity index (χ1v) is 7.49. The van der Waals surface area contributed by atoms with Gasteiger partial charge in [-0.05, 0) is 38.8 Å². The van der Waals surface area contributed by atoms with Crippen LogP contribution in [0.4, 0.5) is 0 Å². The van der Waals surface area contributed by atoms with Crippen LogP contribution in [-0.2, 0) is 14.8 Å². The van der Waals surface area contributed by atoms with Crippen molar-refractivity contribution in [3.8, 4) is 0 Å². The molecule has 1 aliphatic rings. The Labute approximate surface area is 98.0 Å². The average Bonchev–Trinajstić information content (AvgIpc) is 3.01. The van der Waals surface area contributed by atoms with Crippen molar-refractivity contribution in [1.82, 2.24) is 10.0 Å². The summed E-state index contributed by atoms with van der Waals surface area (Å²) in [6.45, 7) is 2.36. The fourth-order valence-electron chi connectivity index (χ4n) is 1.31. The Morgan fingerprint density at radius 3 is 2.69 bits per heavy atom. The standard InChI is InChI=1S/C10H22N2O3S/c1-11-5-2-8-16(13,14)12-6-7-15-9-10-3-4-10/h10-12H,2-9H2,1H3. The van der Waals surface area contributed by atoms with Crippen molar-refractivity contribution >= 4 is 10.0 Å². The first-order valence-electron chi connectivity index (χ1n) is 5.84. The molecule has 0 heterocycles. The van der Waals surface area contributed by atoms with Gasteiger partial charge in [0.25, 0.3) is 0 Å². The summed E-state index contributed by atoms with van der Waals surface area (Å²) >= 11 is 0. The van der Waals surface area contributed by atoms with Crippen molar-refractivity contribution < 1.29 is 13.2 Å². The summed E-state index contributed by atoms with van der Waals surface area (Å²) < 4.78 is 30.7. The maximum absolute atomic E-state index is 11.4. The van der Waals surface area contributed by atoms with Gasteiger partial charge in [0, 0.05) is 13.2 Å². The predicted octanol–water partition coefficient (Wildman–Crippen LogP) is -0.0581. The van der Waals surface area contributed by atoms with Crippen molar-refractivity contribution in [2.75, 3.05) is 39.1 Å². The molecule has 96 valence electrons. The fourth-order valence-corrected chi connectivity index (χ4v) is 2.38. The first kappa shape index (κ1) is 13.9. The highest BCUT2D eigenvalue weighted by molar-refractivity contribution is 7.89. The van der Waals surface area contributed by atoms with Gasteiger partial charge in [0.05, 0.1) is 12.4 Å². The second-order valence-electron chi connectivity index (χ2n) is 4.19. The second kappa shape index (κ2) is 7.21. The molecule has 0 aromatic carbocycles. The molecule has 0 atom stereocenters. The Morgan fingerprint density at radius 1 is 1.31 bits per heavy atom. The van der Waals surface area contributed by atoms with Crippen molar-refractivity contribution in [2.45, 2.75) is 19.3 Å². The minimum atomic E-state index is -3.11. The normalized spacial score (nSPS) is 16.6. The van der Waals surface area contributed by atoms with Crippen LogP contribution in [0.15, 0.2) is 0 Å². The molecular formula is C10H22N2O3S. The first-order chi connectivity index (χ1) is 7.64. The summed E-state index contributed by atoms with van der Waals surface area (Å²) in [7, 11) is -1.30. The fraction of sp³-hybridized carbons (Fsp3) is 1.00. The van der Waals surface area contributed by atoms with Gasteiger partial charge in [-0.1, -0.05) is 0 Å². The Morgan fingerprint density at radius 2 is 2.06 bits per heavy atom. The van der Waals surface area contributed by atoms with Crippen LogP contribution < -0.4 is 10.0 Å². The number of nitrogens with one attached hydrogen (secondary N) is 2. The molecule has 0 aromatic rings. The molecule has 0 aromatic heterocycles. The zero-order valence-corrected chi connectivity index (χ0v) is 10.7. The largest absolute Gasteiger partial charge is 0.380 e. The van der Waals surface area contributed by atoms with E-state index in [4.69, 9.17) is 4.74 Å². The minimum Gasteiger partial charge on any atom is -0.380 e. The molecule has 1 aliphatic carbocycles. The van der Waals surface area contributed by atoms with Gasteiger partial charge in [0.1, 0.15) is 0 Å². The Balaban J connectivity index is 1.96.